The predicted molar refractivity (Wildman–Crippen MR) is 115 cm³/mol. The van der Waals surface area contributed by atoms with Gasteiger partial charge in [-0.25, -0.2) is 4.79 Å². The normalized spacial score (nSPS) is 21.7. The van der Waals surface area contributed by atoms with Gasteiger partial charge in [-0.15, -0.1) is 0 Å². The number of ether oxygens (including phenoxy) is 1. The lowest BCUT2D eigenvalue weighted by atomic mass is 9.75. The van der Waals surface area contributed by atoms with Crippen molar-refractivity contribution in [1.82, 2.24) is 9.47 Å². The maximum atomic E-state index is 12.6. The quantitative estimate of drug-likeness (QED) is 0.403. The van der Waals surface area contributed by atoms with Crippen LogP contribution in [0.3, 0.4) is 0 Å². The lowest BCUT2D eigenvalue weighted by Gasteiger charge is -2.41. The van der Waals surface area contributed by atoms with Crippen molar-refractivity contribution in [2.75, 3.05) is 19.7 Å². The third kappa shape index (κ3) is 4.95. The smallest absolute Gasteiger partial charge is 0.349 e. The molecule has 162 valence electrons. The number of aromatic nitrogens is 1. The van der Waals surface area contributed by atoms with Gasteiger partial charge >= 0.3 is 5.97 Å². The number of rotatable bonds is 6. The monoisotopic (exact) mass is 411 g/mol. The van der Waals surface area contributed by atoms with Gasteiger partial charge in [0.25, 0.3) is 5.91 Å². The molecule has 6 heteroatoms. The Kier molecular flexibility index (Phi) is 7.36. The van der Waals surface area contributed by atoms with Gasteiger partial charge in [0.05, 0.1) is 0 Å². The molecule has 0 unspecified atom stereocenters. The Morgan fingerprint density at radius 3 is 2.67 bits per heavy atom. The third-order valence-electron chi connectivity index (χ3n) is 6.67. The number of carbonyl (C=O) groups excluding carboxylic acids is 2. The van der Waals surface area contributed by atoms with Crippen LogP contribution >= 0.6 is 0 Å². The number of piperidine rings is 1. The number of carbonyl (C=O) groups is 2. The highest BCUT2D eigenvalue weighted by atomic mass is 16.5. The Bertz CT molecular complexity index is 862. The molecule has 1 saturated carbocycles. The first-order chi connectivity index (χ1) is 14.4. The molecule has 2 heterocycles. The van der Waals surface area contributed by atoms with Crippen molar-refractivity contribution in [3.05, 3.63) is 28.6 Å². The van der Waals surface area contributed by atoms with Crippen molar-refractivity contribution in [3.8, 4) is 6.07 Å². The molecule has 1 aliphatic carbocycles. The van der Waals surface area contributed by atoms with Gasteiger partial charge in [-0.3, -0.25) is 4.79 Å². The first-order valence-corrected chi connectivity index (χ1v) is 11.2. The second-order valence-corrected chi connectivity index (χ2v) is 8.66. The van der Waals surface area contributed by atoms with Crippen LogP contribution in [-0.4, -0.2) is 41.0 Å². The highest BCUT2D eigenvalue weighted by Crippen LogP contribution is 2.36. The van der Waals surface area contributed by atoms with Crippen molar-refractivity contribution in [3.63, 3.8) is 0 Å². The minimum atomic E-state index is -0.737. The number of hydrogen-bond acceptors (Lipinski definition) is 4. The molecule has 2 atom stereocenters. The minimum Gasteiger partial charge on any atom is -0.451 e. The Balaban J connectivity index is 1.59. The van der Waals surface area contributed by atoms with Crippen LogP contribution in [0.1, 0.15) is 62.4 Å². The van der Waals surface area contributed by atoms with Gasteiger partial charge in [0, 0.05) is 31.0 Å². The van der Waals surface area contributed by atoms with Gasteiger partial charge in [-0.1, -0.05) is 26.2 Å². The van der Waals surface area contributed by atoms with Crippen molar-refractivity contribution in [2.45, 2.75) is 65.8 Å². The Morgan fingerprint density at radius 1 is 1.23 bits per heavy atom. The summed E-state index contributed by atoms with van der Waals surface area (Å²) in [6.07, 6.45) is 8.62. The Hall–Kier alpha value is -2.55. The molecular weight excluding hydrogens is 378 g/mol. The van der Waals surface area contributed by atoms with Gasteiger partial charge in [0.2, 0.25) is 0 Å². The SMILES string of the molecule is CCCn1c(C)cc(/C=C(\C#N)C(=O)OCC(=O)N2CC[C@H]3CCCC[C@@H]3C2)c1C. The van der Waals surface area contributed by atoms with E-state index in [-0.39, 0.29) is 18.1 Å². The van der Waals surface area contributed by atoms with Crippen LogP contribution in [0.4, 0.5) is 0 Å². The van der Waals surface area contributed by atoms with Crippen molar-refractivity contribution >= 4 is 18.0 Å². The van der Waals surface area contributed by atoms with Crippen molar-refractivity contribution in [1.29, 1.82) is 5.26 Å². The summed E-state index contributed by atoms with van der Waals surface area (Å²) >= 11 is 0. The number of amides is 1. The van der Waals surface area contributed by atoms with Crippen LogP contribution in [0.5, 0.6) is 0 Å². The second kappa shape index (κ2) is 9.97. The van der Waals surface area contributed by atoms with Crippen LogP contribution in [0.25, 0.3) is 6.08 Å². The molecule has 1 aliphatic heterocycles. The first-order valence-electron chi connectivity index (χ1n) is 11.2. The summed E-state index contributed by atoms with van der Waals surface area (Å²) in [6, 6.07) is 3.90. The van der Waals surface area contributed by atoms with Crippen molar-refractivity contribution < 1.29 is 14.3 Å². The molecule has 6 nitrogen and oxygen atoms in total. The second-order valence-electron chi connectivity index (χ2n) is 8.66. The lowest BCUT2D eigenvalue weighted by Crippen LogP contribution is -2.46. The van der Waals surface area contributed by atoms with E-state index in [9.17, 15) is 14.9 Å². The van der Waals surface area contributed by atoms with Crippen LogP contribution < -0.4 is 0 Å². The molecule has 0 N–H and O–H groups in total. The highest BCUT2D eigenvalue weighted by molar-refractivity contribution is 5.99. The molecule has 2 aliphatic rings. The zero-order valence-corrected chi connectivity index (χ0v) is 18.4. The summed E-state index contributed by atoms with van der Waals surface area (Å²) < 4.78 is 7.39. The number of nitriles is 1. The first kappa shape index (κ1) is 22.1. The number of fused-ring (bicyclic) bond motifs is 1. The van der Waals surface area contributed by atoms with Crippen LogP contribution in [0.15, 0.2) is 11.6 Å². The fourth-order valence-corrected chi connectivity index (χ4v) is 4.96. The van der Waals surface area contributed by atoms with Crippen LogP contribution in [0, 0.1) is 37.0 Å². The lowest BCUT2D eigenvalue weighted by molar-refractivity contribution is -0.150. The Labute approximate surface area is 179 Å². The van der Waals surface area contributed by atoms with E-state index < -0.39 is 5.97 Å². The van der Waals surface area contributed by atoms with E-state index in [1.165, 1.54) is 25.7 Å². The fraction of sp³-hybridized carbons (Fsp3) is 0.625. The summed E-state index contributed by atoms with van der Waals surface area (Å²) in [5.74, 6) is 0.426. The summed E-state index contributed by atoms with van der Waals surface area (Å²) in [5, 5.41) is 9.45. The predicted octanol–water partition coefficient (Wildman–Crippen LogP) is 4.00. The molecule has 1 aromatic heterocycles. The number of esters is 1. The van der Waals surface area contributed by atoms with E-state index in [0.717, 1.165) is 55.3 Å². The average molecular weight is 412 g/mol. The highest BCUT2D eigenvalue weighted by Gasteiger charge is 2.33. The zero-order chi connectivity index (χ0) is 21.7. The van der Waals surface area contributed by atoms with Gasteiger partial charge in [-0.2, -0.15) is 5.26 Å². The van der Waals surface area contributed by atoms with Gasteiger partial charge in [-0.05, 0) is 62.7 Å². The number of nitrogens with zero attached hydrogens (tertiary/aromatic N) is 3. The molecule has 1 saturated heterocycles. The summed E-state index contributed by atoms with van der Waals surface area (Å²) in [7, 11) is 0. The maximum Gasteiger partial charge on any atom is 0.349 e. The molecule has 0 aromatic carbocycles. The number of aryl methyl sites for hydroxylation is 1. The van der Waals surface area contributed by atoms with E-state index in [0.29, 0.717) is 5.92 Å². The largest absolute Gasteiger partial charge is 0.451 e. The molecule has 1 amide bonds. The van der Waals surface area contributed by atoms with E-state index in [2.05, 4.69) is 11.5 Å². The third-order valence-corrected chi connectivity index (χ3v) is 6.67. The molecular formula is C24H33N3O3. The zero-order valence-electron chi connectivity index (χ0n) is 18.4. The standard InChI is InChI=1S/C24H33N3O3/c1-4-10-27-17(2)12-21(18(27)3)13-22(14-25)24(29)30-16-23(28)26-11-9-19-7-5-6-8-20(19)15-26/h12-13,19-20H,4-11,15-16H2,1-3H3/b22-13+/t19-,20-/m1/s1. The average Bonchev–Trinajstić information content (AvgIpc) is 3.02. The van der Waals surface area contributed by atoms with E-state index in [1.807, 2.05) is 30.9 Å². The van der Waals surface area contributed by atoms with E-state index in [1.54, 1.807) is 6.08 Å². The molecule has 2 fully saturated rings. The minimum absolute atomic E-state index is 0.0782. The van der Waals surface area contributed by atoms with Gasteiger partial charge in [0.15, 0.2) is 6.61 Å². The van der Waals surface area contributed by atoms with Crippen molar-refractivity contribution in [2.24, 2.45) is 11.8 Å². The fourth-order valence-electron chi connectivity index (χ4n) is 4.96. The Morgan fingerprint density at radius 2 is 1.97 bits per heavy atom. The molecule has 0 bridgehead atoms. The summed E-state index contributed by atoms with van der Waals surface area (Å²) in [6.45, 7) is 8.20. The van der Waals surface area contributed by atoms with E-state index in [4.69, 9.17) is 4.74 Å². The number of hydrogen-bond donors (Lipinski definition) is 0. The molecule has 1 aromatic rings. The van der Waals surface area contributed by atoms with E-state index >= 15 is 0 Å². The molecule has 0 spiro atoms. The number of likely N-dealkylation sites (tertiary alicyclic amines) is 1. The summed E-state index contributed by atoms with van der Waals surface area (Å²) in [4.78, 5) is 26.8. The molecule has 0 radical (unpaired) electrons. The topological polar surface area (TPSA) is 75.3 Å². The van der Waals surface area contributed by atoms with Gasteiger partial charge in [0.1, 0.15) is 11.6 Å². The van der Waals surface area contributed by atoms with Crippen LogP contribution in [0.2, 0.25) is 0 Å². The molecule has 3 rings (SSSR count). The van der Waals surface area contributed by atoms with Gasteiger partial charge < -0.3 is 14.2 Å². The summed E-state index contributed by atoms with van der Waals surface area (Å²) in [5.41, 5.74) is 2.86. The van der Waals surface area contributed by atoms with Crippen LogP contribution in [-0.2, 0) is 20.9 Å². The molecule has 30 heavy (non-hydrogen) atoms. The maximum absolute atomic E-state index is 12.6.